The lowest BCUT2D eigenvalue weighted by atomic mass is 9.92. The lowest BCUT2D eigenvalue weighted by Crippen LogP contribution is -2.27. The Bertz CT molecular complexity index is 2860. The van der Waals surface area contributed by atoms with E-state index in [1.165, 1.54) is 49.7 Å². The zero-order valence-electron chi connectivity index (χ0n) is 35.4. The third-order valence-electron chi connectivity index (χ3n) is 10.2. The highest BCUT2D eigenvalue weighted by Gasteiger charge is 2.27. The highest BCUT2D eigenvalue weighted by Crippen LogP contribution is 2.41. The summed E-state index contributed by atoms with van der Waals surface area (Å²) in [5, 5.41) is 68.8. The highest BCUT2D eigenvalue weighted by atomic mass is 16.5. The minimum absolute atomic E-state index is 0.00134. The lowest BCUT2D eigenvalue weighted by molar-refractivity contribution is -0.120. The van der Waals surface area contributed by atoms with E-state index < -0.39 is 52.4 Å². The van der Waals surface area contributed by atoms with Gasteiger partial charge in [-0.25, -0.2) is 4.79 Å². The Morgan fingerprint density at radius 2 is 1.30 bits per heavy atom. The van der Waals surface area contributed by atoms with E-state index in [0.717, 1.165) is 30.9 Å². The van der Waals surface area contributed by atoms with Crippen LogP contribution >= 0.6 is 0 Å². The minimum Gasteiger partial charge on any atom is -0.508 e. The fraction of sp³-hybridized carbons (Fsp3) is 0.149. The third kappa shape index (κ3) is 11.0. The maximum atomic E-state index is 13.7. The monoisotopic (exact) mass is 898 g/mol. The van der Waals surface area contributed by atoms with E-state index >= 15 is 0 Å². The Hall–Kier alpha value is -9.00. The molecule has 5 aromatic carbocycles. The molecular weight excluding hydrogens is 857 g/mol. The summed E-state index contributed by atoms with van der Waals surface area (Å²) in [4.78, 5) is 78.1. The van der Waals surface area contributed by atoms with Crippen LogP contribution in [-0.4, -0.2) is 90.4 Å². The normalized spacial score (nSPS) is 11.5. The van der Waals surface area contributed by atoms with E-state index in [2.05, 4.69) is 31.4 Å². The number of H-pyrrole nitrogens is 1. The van der Waals surface area contributed by atoms with Crippen molar-refractivity contribution in [1.29, 1.82) is 0 Å². The molecular formula is C47H42N6O13. The molecule has 6 rings (SSSR count). The number of ketones is 2. The molecule has 0 spiro atoms. The third-order valence-corrected chi connectivity index (χ3v) is 10.2. The standard InChI is InChI=1S/C47H42N6O13/c1-24(18-25-6-11-31(54)12-7-25)37(55)19-26-4-8-27(9-5-26)38(56)22-29(20-30-23-48-53-52-30)45(61)49-34-15-10-28(21-39(34)57)44(60)50-35-16-13-32(40(58)42(35)65-2)46(62)51-36-17-14-33(47(63)64)41(59)43(36)66-3/h4-18,21,23,29,54,57-59H,19-20,22H2,1-3H3,(H,49,61)(H,50,60)(H,51,62)(H,63,64)(H,48,52,53)/b24-18+. The molecule has 9 N–H and O–H groups in total. The van der Waals surface area contributed by atoms with Crippen LogP contribution in [0.25, 0.3) is 6.08 Å². The number of carbonyl (C=O) groups is 6. The Balaban J connectivity index is 1.10. The molecule has 0 aliphatic heterocycles. The number of nitrogens with zero attached hydrogens (tertiary/aromatic N) is 2. The van der Waals surface area contributed by atoms with Crippen molar-refractivity contribution in [2.75, 3.05) is 30.2 Å². The first-order valence-corrected chi connectivity index (χ1v) is 19.8. The number of aromatic hydroxyl groups is 4. The Kier molecular flexibility index (Phi) is 14.4. The predicted molar refractivity (Wildman–Crippen MR) is 238 cm³/mol. The number of carbonyl (C=O) groups excluding carboxylic acids is 5. The molecule has 0 radical (unpaired) electrons. The summed E-state index contributed by atoms with van der Waals surface area (Å²) in [7, 11) is 2.33. The fourth-order valence-electron chi connectivity index (χ4n) is 6.72. The molecule has 0 saturated heterocycles. The number of Topliss-reactive ketones (excluding diaryl/α,β-unsaturated/α-hetero) is 2. The number of nitrogens with one attached hydrogen (secondary N) is 4. The first-order valence-electron chi connectivity index (χ1n) is 19.8. The maximum absolute atomic E-state index is 13.7. The zero-order chi connectivity index (χ0) is 47.7. The molecule has 1 aromatic heterocycles. The molecule has 1 heterocycles. The summed E-state index contributed by atoms with van der Waals surface area (Å²) in [6, 6.07) is 21.2. The van der Waals surface area contributed by atoms with Gasteiger partial charge >= 0.3 is 5.97 Å². The van der Waals surface area contributed by atoms with Gasteiger partial charge in [-0.15, -0.1) is 0 Å². The van der Waals surface area contributed by atoms with Crippen LogP contribution in [0.2, 0.25) is 0 Å². The van der Waals surface area contributed by atoms with Crippen LogP contribution in [0, 0.1) is 5.92 Å². The van der Waals surface area contributed by atoms with Gasteiger partial charge in [-0.3, -0.25) is 24.0 Å². The average Bonchev–Trinajstić information content (AvgIpc) is 3.81. The number of carboxylic acid groups (broad SMARTS) is 1. The number of phenols is 4. The molecule has 66 heavy (non-hydrogen) atoms. The van der Waals surface area contributed by atoms with Crippen molar-refractivity contribution in [2.24, 2.45) is 5.92 Å². The molecule has 0 aliphatic carbocycles. The van der Waals surface area contributed by atoms with Gasteiger partial charge in [-0.1, -0.05) is 36.4 Å². The van der Waals surface area contributed by atoms with E-state index in [9.17, 15) is 54.3 Å². The smallest absolute Gasteiger partial charge is 0.339 e. The number of ether oxygens (including phenoxy) is 2. The van der Waals surface area contributed by atoms with Gasteiger partial charge in [0.1, 0.15) is 17.1 Å². The van der Waals surface area contributed by atoms with Gasteiger partial charge in [0.25, 0.3) is 11.8 Å². The molecule has 1 atom stereocenters. The largest absolute Gasteiger partial charge is 0.508 e. The number of methoxy groups -OCH3 is 2. The summed E-state index contributed by atoms with van der Waals surface area (Å²) >= 11 is 0. The molecule has 1 unspecified atom stereocenters. The van der Waals surface area contributed by atoms with Crippen LogP contribution in [0.3, 0.4) is 0 Å². The Morgan fingerprint density at radius 3 is 1.89 bits per heavy atom. The van der Waals surface area contributed by atoms with Crippen molar-refractivity contribution in [1.82, 2.24) is 15.4 Å². The van der Waals surface area contributed by atoms with E-state index in [4.69, 9.17) is 9.47 Å². The second-order valence-electron chi connectivity index (χ2n) is 14.7. The number of aromatic carboxylic acids is 1. The van der Waals surface area contributed by atoms with Crippen LogP contribution in [-0.2, 0) is 22.4 Å². The van der Waals surface area contributed by atoms with E-state index in [0.29, 0.717) is 22.4 Å². The zero-order valence-corrected chi connectivity index (χ0v) is 35.4. The summed E-state index contributed by atoms with van der Waals surface area (Å²) in [6.45, 7) is 1.70. The SMILES string of the molecule is COc1c(NC(=O)c2ccc(NC(=O)c3ccc(NC(=O)C(CC(=O)c4ccc(CC(=O)/C(C)=C/c5ccc(O)cc5)cc4)Cc4cn[nH]n4)c(O)c3)c(OC)c2O)ccc(C(=O)O)c1O. The number of hydrogen-bond donors (Lipinski definition) is 9. The van der Waals surface area contributed by atoms with Crippen LogP contribution < -0.4 is 25.4 Å². The minimum atomic E-state index is -1.43. The second-order valence-corrected chi connectivity index (χ2v) is 14.7. The van der Waals surface area contributed by atoms with Crippen molar-refractivity contribution in [3.63, 3.8) is 0 Å². The van der Waals surface area contributed by atoms with Gasteiger partial charge in [0.05, 0.1) is 54.7 Å². The molecule has 19 nitrogen and oxygen atoms in total. The van der Waals surface area contributed by atoms with Crippen molar-refractivity contribution in [3.05, 3.63) is 142 Å². The van der Waals surface area contributed by atoms with Gasteiger partial charge in [0.2, 0.25) is 5.91 Å². The van der Waals surface area contributed by atoms with Gasteiger partial charge in [0.15, 0.2) is 34.6 Å². The number of rotatable bonds is 18. The van der Waals surface area contributed by atoms with Gasteiger partial charge in [-0.05, 0) is 84.3 Å². The first kappa shape index (κ1) is 46.5. The number of amides is 3. The Labute approximate surface area is 375 Å². The van der Waals surface area contributed by atoms with Crippen molar-refractivity contribution in [2.45, 2.75) is 26.2 Å². The average molecular weight is 899 g/mol. The predicted octanol–water partition coefficient (Wildman–Crippen LogP) is 6.13. The second kappa shape index (κ2) is 20.5. The molecule has 3 amide bonds. The number of allylic oxidation sites excluding steroid dienone is 1. The Morgan fingerprint density at radius 1 is 0.712 bits per heavy atom. The number of hydrogen-bond acceptors (Lipinski definition) is 14. The number of aromatic nitrogens is 3. The maximum Gasteiger partial charge on any atom is 0.339 e. The number of aromatic amines is 1. The van der Waals surface area contributed by atoms with Crippen molar-refractivity contribution < 1.29 is 63.8 Å². The molecule has 6 aromatic rings. The quantitative estimate of drug-likeness (QED) is 0.0266. The summed E-state index contributed by atoms with van der Waals surface area (Å²) in [5.74, 6) is -7.73. The van der Waals surface area contributed by atoms with Crippen LogP contribution in [0.15, 0.2) is 103 Å². The molecule has 0 fully saturated rings. The summed E-state index contributed by atoms with van der Waals surface area (Å²) < 4.78 is 10.4. The van der Waals surface area contributed by atoms with Crippen LogP contribution in [0.5, 0.6) is 34.5 Å². The van der Waals surface area contributed by atoms with Gasteiger partial charge in [-0.2, -0.15) is 15.4 Å². The molecule has 0 bridgehead atoms. The molecule has 19 heteroatoms. The first-order chi connectivity index (χ1) is 31.6. The summed E-state index contributed by atoms with van der Waals surface area (Å²) in [5.41, 5.74) is 1.48. The molecule has 338 valence electrons. The van der Waals surface area contributed by atoms with Crippen molar-refractivity contribution >= 4 is 58.4 Å². The molecule has 0 saturated carbocycles. The van der Waals surface area contributed by atoms with Crippen LogP contribution in [0.1, 0.15) is 71.6 Å². The number of benzene rings is 5. The number of anilines is 3. The molecule has 0 aliphatic rings. The van der Waals surface area contributed by atoms with Crippen LogP contribution in [0.4, 0.5) is 17.1 Å². The fourth-order valence-corrected chi connectivity index (χ4v) is 6.72. The van der Waals surface area contributed by atoms with E-state index in [-0.39, 0.29) is 76.3 Å². The summed E-state index contributed by atoms with van der Waals surface area (Å²) in [6.07, 6.45) is 2.95. The lowest BCUT2D eigenvalue weighted by Gasteiger charge is -2.17. The highest BCUT2D eigenvalue weighted by molar-refractivity contribution is 6.11. The van der Waals surface area contributed by atoms with Crippen molar-refractivity contribution in [3.8, 4) is 34.5 Å². The van der Waals surface area contributed by atoms with E-state index in [1.807, 2.05) is 0 Å². The number of phenolic OH excluding ortho intramolecular Hbond substituents is 3. The topological polar surface area (TPSA) is 300 Å². The van der Waals surface area contributed by atoms with Gasteiger partial charge < -0.3 is 51.0 Å². The van der Waals surface area contributed by atoms with Gasteiger partial charge in [0, 0.05) is 30.4 Å². The van der Waals surface area contributed by atoms with E-state index in [1.54, 1.807) is 49.4 Å². The number of carboxylic acids is 1.